The van der Waals surface area contributed by atoms with Crippen molar-refractivity contribution in [3.63, 3.8) is 0 Å². The second-order valence-electron chi connectivity index (χ2n) is 6.33. The van der Waals surface area contributed by atoms with Crippen molar-refractivity contribution in [3.8, 4) is 10.6 Å². The lowest BCUT2D eigenvalue weighted by atomic mass is 10.1. The fourth-order valence-electron chi connectivity index (χ4n) is 2.68. The number of carbonyl (C=O) groups is 2. The van der Waals surface area contributed by atoms with Crippen LogP contribution in [0.1, 0.15) is 16.8 Å². The summed E-state index contributed by atoms with van der Waals surface area (Å²) in [7, 11) is 0. The number of aryl methyl sites for hydroxylation is 1. The van der Waals surface area contributed by atoms with E-state index in [1.165, 1.54) is 16.9 Å². The van der Waals surface area contributed by atoms with Crippen molar-refractivity contribution in [2.24, 2.45) is 0 Å². The first-order valence-corrected chi connectivity index (χ1v) is 9.47. The number of carbonyl (C=O) groups excluding carboxylic acids is 1. The third-order valence-electron chi connectivity index (χ3n) is 4.11. The highest BCUT2D eigenvalue weighted by atomic mass is 32.1. The van der Waals surface area contributed by atoms with Crippen molar-refractivity contribution in [3.05, 3.63) is 76.8 Å². The number of aliphatic carboxylic acids is 1. The molecule has 0 saturated carbocycles. The predicted octanol–water partition coefficient (Wildman–Crippen LogP) is 3.47. The molecule has 6 heteroatoms. The molecule has 3 aromatic rings. The van der Waals surface area contributed by atoms with Crippen molar-refractivity contribution in [2.45, 2.75) is 25.8 Å². The Kier molecular flexibility index (Phi) is 5.98. The number of benzene rings is 2. The molecule has 0 unspecified atom stereocenters. The maximum absolute atomic E-state index is 12.3. The normalized spacial score (nSPS) is 11.7. The number of amides is 1. The number of hydrogen-bond donors (Lipinski definition) is 2. The van der Waals surface area contributed by atoms with Crippen LogP contribution in [-0.2, 0) is 22.4 Å². The van der Waals surface area contributed by atoms with E-state index in [1.807, 2.05) is 66.9 Å². The third-order valence-corrected chi connectivity index (χ3v) is 5.05. The van der Waals surface area contributed by atoms with E-state index in [9.17, 15) is 14.7 Å². The van der Waals surface area contributed by atoms with Gasteiger partial charge in [-0.1, -0.05) is 60.2 Å². The van der Waals surface area contributed by atoms with Crippen molar-refractivity contribution < 1.29 is 14.7 Å². The van der Waals surface area contributed by atoms with Crippen LogP contribution in [0.3, 0.4) is 0 Å². The molecular weight excluding hydrogens is 360 g/mol. The van der Waals surface area contributed by atoms with Gasteiger partial charge in [-0.15, -0.1) is 11.3 Å². The number of hydrogen-bond acceptors (Lipinski definition) is 4. The van der Waals surface area contributed by atoms with Crippen LogP contribution in [-0.4, -0.2) is 28.0 Å². The Balaban J connectivity index is 1.62. The summed E-state index contributed by atoms with van der Waals surface area (Å²) in [6.07, 6.45) is 0.300. The van der Waals surface area contributed by atoms with Gasteiger partial charge >= 0.3 is 5.97 Å². The number of nitrogens with zero attached hydrogens (tertiary/aromatic N) is 1. The van der Waals surface area contributed by atoms with Gasteiger partial charge in [-0.25, -0.2) is 9.78 Å². The summed E-state index contributed by atoms with van der Waals surface area (Å²) in [5.41, 5.74) is 3.68. The average molecular weight is 380 g/mol. The summed E-state index contributed by atoms with van der Waals surface area (Å²) in [5, 5.41) is 14.7. The molecule has 0 fully saturated rings. The highest BCUT2D eigenvalue weighted by Gasteiger charge is 2.21. The van der Waals surface area contributed by atoms with Crippen molar-refractivity contribution >= 4 is 23.2 Å². The second kappa shape index (κ2) is 8.60. The van der Waals surface area contributed by atoms with E-state index in [4.69, 9.17) is 0 Å². The summed E-state index contributed by atoms with van der Waals surface area (Å²) < 4.78 is 0. The highest BCUT2D eigenvalue weighted by Crippen LogP contribution is 2.24. The van der Waals surface area contributed by atoms with Crippen LogP contribution in [0.2, 0.25) is 0 Å². The van der Waals surface area contributed by atoms with Crippen LogP contribution < -0.4 is 5.32 Å². The number of nitrogens with one attached hydrogen (secondary N) is 1. The molecule has 0 saturated heterocycles. The minimum absolute atomic E-state index is 0.0565. The Morgan fingerprint density at radius 3 is 2.48 bits per heavy atom. The van der Waals surface area contributed by atoms with Crippen LogP contribution in [0.15, 0.2) is 60.0 Å². The molecule has 5 nitrogen and oxygen atoms in total. The molecule has 138 valence electrons. The molecule has 1 amide bonds. The minimum atomic E-state index is -1.05. The Hall–Kier alpha value is -2.99. The molecule has 0 spiro atoms. The lowest BCUT2D eigenvalue weighted by Gasteiger charge is -2.14. The molecule has 0 aliphatic rings. The summed E-state index contributed by atoms with van der Waals surface area (Å²) in [5.74, 6) is -1.40. The average Bonchev–Trinajstić information content (AvgIpc) is 3.11. The molecular formula is C21H20N2O3S. The van der Waals surface area contributed by atoms with Gasteiger partial charge in [-0.2, -0.15) is 0 Å². The zero-order valence-electron chi connectivity index (χ0n) is 14.9. The molecule has 2 aromatic carbocycles. The number of rotatable bonds is 7. The largest absolute Gasteiger partial charge is 0.480 e. The van der Waals surface area contributed by atoms with E-state index < -0.39 is 12.0 Å². The van der Waals surface area contributed by atoms with E-state index >= 15 is 0 Å². The lowest BCUT2D eigenvalue weighted by molar-refractivity contribution is -0.141. The summed E-state index contributed by atoms with van der Waals surface area (Å²) in [6.45, 7) is 2.02. The summed E-state index contributed by atoms with van der Waals surface area (Å²) in [6, 6.07) is 16.3. The van der Waals surface area contributed by atoms with Crippen LogP contribution in [0.5, 0.6) is 0 Å². The first kappa shape index (κ1) is 18.8. The van der Waals surface area contributed by atoms with Gasteiger partial charge in [0.2, 0.25) is 5.91 Å². The zero-order valence-corrected chi connectivity index (χ0v) is 15.7. The molecule has 27 heavy (non-hydrogen) atoms. The molecule has 0 aliphatic heterocycles. The van der Waals surface area contributed by atoms with Crippen LogP contribution in [0, 0.1) is 6.92 Å². The maximum Gasteiger partial charge on any atom is 0.326 e. The van der Waals surface area contributed by atoms with Crippen LogP contribution in [0.25, 0.3) is 10.6 Å². The fourth-order valence-corrected chi connectivity index (χ4v) is 3.50. The topological polar surface area (TPSA) is 79.3 Å². The second-order valence-corrected chi connectivity index (χ2v) is 7.19. The first-order valence-electron chi connectivity index (χ1n) is 8.59. The lowest BCUT2D eigenvalue weighted by Crippen LogP contribution is -2.43. The van der Waals surface area contributed by atoms with E-state index in [0.29, 0.717) is 5.69 Å². The van der Waals surface area contributed by atoms with E-state index in [2.05, 4.69) is 10.3 Å². The Labute approximate surface area is 161 Å². The zero-order chi connectivity index (χ0) is 19.2. The van der Waals surface area contributed by atoms with Crippen molar-refractivity contribution in [1.82, 2.24) is 10.3 Å². The molecule has 0 aliphatic carbocycles. The Morgan fingerprint density at radius 1 is 1.11 bits per heavy atom. The first-order chi connectivity index (χ1) is 13.0. The van der Waals surface area contributed by atoms with Crippen molar-refractivity contribution in [1.29, 1.82) is 0 Å². The molecule has 1 aromatic heterocycles. The monoisotopic (exact) mass is 380 g/mol. The van der Waals surface area contributed by atoms with Gasteiger partial charge in [0.15, 0.2) is 0 Å². The molecule has 2 N–H and O–H groups in total. The number of carboxylic acids is 1. The van der Waals surface area contributed by atoms with Gasteiger partial charge in [0.1, 0.15) is 11.0 Å². The fraction of sp³-hybridized carbons (Fsp3) is 0.190. The van der Waals surface area contributed by atoms with Gasteiger partial charge in [-0.05, 0) is 12.5 Å². The van der Waals surface area contributed by atoms with E-state index in [-0.39, 0.29) is 18.7 Å². The Morgan fingerprint density at radius 2 is 1.81 bits per heavy atom. The number of thiazole rings is 1. The molecule has 1 heterocycles. The molecule has 0 radical (unpaired) electrons. The molecule has 1 atom stereocenters. The summed E-state index contributed by atoms with van der Waals surface area (Å²) >= 11 is 1.47. The molecule has 3 rings (SSSR count). The van der Waals surface area contributed by atoms with Gasteiger partial charge in [0.05, 0.1) is 12.1 Å². The summed E-state index contributed by atoms with van der Waals surface area (Å²) in [4.78, 5) is 28.3. The highest BCUT2D eigenvalue weighted by molar-refractivity contribution is 7.13. The third kappa shape index (κ3) is 5.24. The van der Waals surface area contributed by atoms with Crippen LogP contribution >= 0.6 is 11.3 Å². The predicted molar refractivity (Wildman–Crippen MR) is 106 cm³/mol. The SMILES string of the molecule is Cc1ccc(-c2nc(CC(=O)N[C@H](Cc3ccccc3)C(=O)O)cs2)cc1. The van der Waals surface area contributed by atoms with E-state index in [1.54, 1.807) is 0 Å². The van der Waals surface area contributed by atoms with Gasteiger partial charge < -0.3 is 10.4 Å². The number of carboxylic acid groups (broad SMARTS) is 1. The van der Waals surface area contributed by atoms with Gasteiger partial charge in [-0.3, -0.25) is 4.79 Å². The van der Waals surface area contributed by atoms with Crippen molar-refractivity contribution in [2.75, 3.05) is 0 Å². The standard InChI is InChI=1S/C21H20N2O3S/c1-14-7-9-16(10-8-14)20-22-17(13-27-20)12-19(24)23-18(21(25)26)11-15-5-3-2-4-6-15/h2-10,13,18H,11-12H2,1H3,(H,23,24)(H,25,26)/t18-/m1/s1. The molecule has 0 bridgehead atoms. The number of aromatic nitrogens is 1. The van der Waals surface area contributed by atoms with Gasteiger partial charge in [0, 0.05) is 17.4 Å². The Bertz CT molecular complexity index is 920. The van der Waals surface area contributed by atoms with Gasteiger partial charge in [0.25, 0.3) is 0 Å². The van der Waals surface area contributed by atoms with Crippen LogP contribution in [0.4, 0.5) is 0 Å². The minimum Gasteiger partial charge on any atom is -0.480 e. The smallest absolute Gasteiger partial charge is 0.326 e. The quantitative estimate of drug-likeness (QED) is 0.658. The maximum atomic E-state index is 12.3. The van der Waals surface area contributed by atoms with E-state index in [0.717, 1.165) is 16.1 Å².